The fourth-order valence-corrected chi connectivity index (χ4v) is 2.87. The number of halogens is 1. The molecule has 1 heterocycles. The van der Waals surface area contributed by atoms with Gasteiger partial charge in [-0.25, -0.2) is 4.39 Å². The quantitative estimate of drug-likeness (QED) is 0.849. The van der Waals surface area contributed by atoms with Gasteiger partial charge in [0, 0.05) is 31.2 Å². The molecule has 0 saturated carbocycles. The van der Waals surface area contributed by atoms with Crippen LogP contribution in [0, 0.1) is 17.1 Å². The maximum absolute atomic E-state index is 13.9. The summed E-state index contributed by atoms with van der Waals surface area (Å²) in [6, 6.07) is 7.15. The first-order valence-corrected chi connectivity index (χ1v) is 7.25. The molecular weight excluding hydrogens is 253 g/mol. The SMILES string of the molecule is CCC1CN(C)CCCN1Cc1cc(C#N)ccc1F. The number of nitriles is 1. The molecule has 0 radical (unpaired) electrons. The molecule has 3 nitrogen and oxygen atoms in total. The van der Waals surface area contributed by atoms with Gasteiger partial charge < -0.3 is 4.90 Å². The van der Waals surface area contributed by atoms with Crippen LogP contribution < -0.4 is 0 Å². The van der Waals surface area contributed by atoms with Gasteiger partial charge in [0.15, 0.2) is 0 Å². The standard InChI is InChI=1S/C16H22FN3/c1-3-15-12-19(2)7-4-8-20(15)11-14-9-13(10-18)5-6-16(14)17/h5-6,9,15H,3-4,7-8,11-12H2,1-2H3. The maximum Gasteiger partial charge on any atom is 0.127 e. The lowest BCUT2D eigenvalue weighted by molar-refractivity contribution is 0.174. The highest BCUT2D eigenvalue weighted by Gasteiger charge is 2.22. The molecule has 1 aromatic carbocycles. The monoisotopic (exact) mass is 275 g/mol. The highest BCUT2D eigenvalue weighted by atomic mass is 19.1. The zero-order chi connectivity index (χ0) is 14.5. The molecule has 4 heteroatoms. The Morgan fingerprint density at radius 1 is 1.40 bits per heavy atom. The number of benzene rings is 1. The molecule has 1 unspecified atom stereocenters. The van der Waals surface area contributed by atoms with E-state index in [4.69, 9.17) is 5.26 Å². The third-order valence-corrected chi connectivity index (χ3v) is 4.04. The van der Waals surface area contributed by atoms with Crippen molar-refractivity contribution in [3.05, 3.63) is 35.1 Å². The second-order valence-corrected chi connectivity index (χ2v) is 5.57. The third-order valence-electron chi connectivity index (χ3n) is 4.04. The van der Waals surface area contributed by atoms with Gasteiger partial charge in [-0.05, 0) is 44.6 Å². The van der Waals surface area contributed by atoms with Crippen molar-refractivity contribution in [3.63, 3.8) is 0 Å². The van der Waals surface area contributed by atoms with Gasteiger partial charge in [0.1, 0.15) is 5.82 Å². The van der Waals surface area contributed by atoms with Crippen molar-refractivity contribution in [1.82, 2.24) is 9.80 Å². The van der Waals surface area contributed by atoms with Crippen LogP contribution in [-0.4, -0.2) is 42.5 Å². The maximum atomic E-state index is 13.9. The van der Waals surface area contributed by atoms with Crippen LogP contribution in [0.5, 0.6) is 0 Å². The van der Waals surface area contributed by atoms with Crippen LogP contribution in [0.3, 0.4) is 0 Å². The second-order valence-electron chi connectivity index (χ2n) is 5.57. The molecule has 0 aliphatic carbocycles. The van der Waals surface area contributed by atoms with Crippen LogP contribution in [-0.2, 0) is 6.54 Å². The Kier molecular flexibility index (Phi) is 5.11. The van der Waals surface area contributed by atoms with Crippen molar-refractivity contribution in [3.8, 4) is 6.07 Å². The van der Waals surface area contributed by atoms with Gasteiger partial charge in [0.25, 0.3) is 0 Å². The Bertz CT molecular complexity index is 495. The molecule has 0 N–H and O–H groups in total. The van der Waals surface area contributed by atoms with Crippen molar-refractivity contribution >= 4 is 0 Å². The van der Waals surface area contributed by atoms with Gasteiger partial charge in [-0.3, -0.25) is 4.90 Å². The highest BCUT2D eigenvalue weighted by molar-refractivity contribution is 5.33. The Hall–Kier alpha value is -1.44. The van der Waals surface area contributed by atoms with Crippen LogP contribution in [0.25, 0.3) is 0 Å². The summed E-state index contributed by atoms with van der Waals surface area (Å²) in [5, 5.41) is 8.94. The molecular formula is C16H22FN3. The van der Waals surface area contributed by atoms with Crippen LogP contribution in [0.4, 0.5) is 4.39 Å². The first-order valence-electron chi connectivity index (χ1n) is 7.25. The van der Waals surface area contributed by atoms with E-state index in [0.29, 0.717) is 23.7 Å². The fourth-order valence-electron chi connectivity index (χ4n) is 2.87. The molecule has 0 spiro atoms. The van der Waals surface area contributed by atoms with Crippen molar-refractivity contribution in [2.24, 2.45) is 0 Å². The normalized spacial score (nSPS) is 21.4. The summed E-state index contributed by atoms with van der Waals surface area (Å²) in [6.07, 6.45) is 2.16. The second kappa shape index (κ2) is 6.83. The van der Waals surface area contributed by atoms with Crippen LogP contribution in [0.2, 0.25) is 0 Å². The van der Waals surface area contributed by atoms with Crippen LogP contribution >= 0.6 is 0 Å². The number of hydrogen-bond donors (Lipinski definition) is 0. The summed E-state index contributed by atoms with van der Waals surface area (Å²) >= 11 is 0. The summed E-state index contributed by atoms with van der Waals surface area (Å²) in [5.41, 5.74) is 1.16. The molecule has 0 bridgehead atoms. The smallest absolute Gasteiger partial charge is 0.127 e. The number of rotatable bonds is 3. The average molecular weight is 275 g/mol. The van der Waals surface area contributed by atoms with E-state index in [1.165, 1.54) is 12.1 Å². The third kappa shape index (κ3) is 3.56. The summed E-state index contributed by atoms with van der Waals surface area (Å²) in [7, 11) is 2.14. The van der Waals surface area contributed by atoms with Gasteiger partial charge in [0.05, 0.1) is 11.6 Å². The summed E-state index contributed by atoms with van der Waals surface area (Å²) < 4.78 is 13.9. The summed E-state index contributed by atoms with van der Waals surface area (Å²) in [4.78, 5) is 4.69. The molecule has 1 aliphatic rings. The minimum Gasteiger partial charge on any atom is -0.305 e. The van der Waals surface area contributed by atoms with E-state index in [-0.39, 0.29) is 5.82 Å². The summed E-state index contributed by atoms with van der Waals surface area (Å²) in [5.74, 6) is -0.212. The lowest BCUT2D eigenvalue weighted by atomic mass is 10.1. The Morgan fingerprint density at radius 3 is 2.90 bits per heavy atom. The molecule has 2 rings (SSSR count). The number of likely N-dealkylation sites (N-methyl/N-ethyl adjacent to an activating group) is 1. The Morgan fingerprint density at radius 2 is 2.20 bits per heavy atom. The molecule has 1 aliphatic heterocycles. The first kappa shape index (κ1) is 15.0. The molecule has 1 fully saturated rings. The van der Waals surface area contributed by atoms with E-state index in [1.54, 1.807) is 6.07 Å². The predicted molar refractivity (Wildman–Crippen MR) is 77.7 cm³/mol. The molecule has 1 atom stereocenters. The van der Waals surface area contributed by atoms with Gasteiger partial charge in [0.2, 0.25) is 0 Å². The van der Waals surface area contributed by atoms with Crippen LogP contribution in [0.15, 0.2) is 18.2 Å². The van der Waals surface area contributed by atoms with Gasteiger partial charge in [-0.1, -0.05) is 6.92 Å². The Labute approximate surface area is 120 Å². The number of nitrogens with zero attached hydrogens (tertiary/aromatic N) is 3. The zero-order valence-corrected chi connectivity index (χ0v) is 12.3. The molecule has 1 aromatic rings. The topological polar surface area (TPSA) is 30.3 Å². The highest BCUT2D eigenvalue weighted by Crippen LogP contribution is 2.18. The first-order chi connectivity index (χ1) is 9.63. The minimum absolute atomic E-state index is 0.212. The molecule has 0 amide bonds. The van der Waals surface area contributed by atoms with Crippen molar-refractivity contribution < 1.29 is 4.39 Å². The van der Waals surface area contributed by atoms with E-state index in [0.717, 1.165) is 32.5 Å². The molecule has 108 valence electrons. The minimum atomic E-state index is -0.212. The summed E-state index contributed by atoms with van der Waals surface area (Å²) in [6.45, 7) is 5.87. The van der Waals surface area contributed by atoms with Crippen molar-refractivity contribution in [1.29, 1.82) is 5.26 Å². The molecule has 20 heavy (non-hydrogen) atoms. The van der Waals surface area contributed by atoms with E-state index >= 15 is 0 Å². The largest absolute Gasteiger partial charge is 0.305 e. The lowest BCUT2D eigenvalue weighted by Crippen LogP contribution is -2.39. The van der Waals surface area contributed by atoms with Crippen LogP contribution in [0.1, 0.15) is 30.9 Å². The van der Waals surface area contributed by atoms with E-state index < -0.39 is 0 Å². The zero-order valence-electron chi connectivity index (χ0n) is 12.3. The molecule has 1 saturated heterocycles. The van der Waals surface area contributed by atoms with Gasteiger partial charge in [-0.15, -0.1) is 0 Å². The fraction of sp³-hybridized carbons (Fsp3) is 0.562. The van der Waals surface area contributed by atoms with Crippen molar-refractivity contribution in [2.75, 3.05) is 26.7 Å². The predicted octanol–water partition coefficient (Wildman–Crippen LogP) is 2.61. The van der Waals surface area contributed by atoms with E-state index in [9.17, 15) is 4.39 Å². The van der Waals surface area contributed by atoms with E-state index in [2.05, 4.69) is 29.8 Å². The number of hydrogen-bond acceptors (Lipinski definition) is 3. The lowest BCUT2D eigenvalue weighted by Gasteiger charge is -2.30. The van der Waals surface area contributed by atoms with Gasteiger partial charge in [-0.2, -0.15) is 5.26 Å². The Balaban J connectivity index is 2.17. The molecule has 0 aromatic heterocycles. The van der Waals surface area contributed by atoms with Crippen molar-refractivity contribution in [2.45, 2.75) is 32.4 Å². The van der Waals surface area contributed by atoms with E-state index in [1.807, 2.05) is 0 Å². The van der Waals surface area contributed by atoms with Gasteiger partial charge >= 0.3 is 0 Å². The average Bonchev–Trinajstić information content (AvgIpc) is 2.62.